The average Bonchev–Trinajstić information content (AvgIpc) is 3.19. The first-order valence-corrected chi connectivity index (χ1v) is 11.6. The maximum atomic E-state index is 5.70. The van der Waals surface area contributed by atoms with Crippen molar-refractivity contribution in [2.24, 2.45) is 10.4 Å². The Morgan fingerprint density at radius 3 is 2.47 bits per heavy atom. The van der Waals surface area contributed by atoms with E-state index in [0.29, 0.717) is 11.5 Å². The lowest BCUT2D eigenvalue weighted by Crippen LogP contribution is -2.53. The molecule has 3 aliphatic rings. The highest BCUT2D eigenvalue weighted by molar-refractivity contribution is 14.0. The lowest BCUT2D eigenvalue weighted by atomic mass is 9.68. The minimum atomic E-state index is 0. The summed E-state index contributed by atoms with van der Waals surface area (Å²) < 4.78 is 5.70. The molecule has 0 bridgehead atoms. The van der Waals surface area contributed by atoms with E-state index in [0.717, 1.165) is 51.6 Å². The molecule has 2 heterocycles. The van der Waals surface area contributed by atoms with Crippen LogP contribution in [0.25, 0.3) is 0 Å². The predicted octanol–water partition coefficient (Wildman–Crippen LogP) is 4.35. The Labute approximate surface area is 199 Å². The van der Waals surface area contributed by atoms with Crippen LogP contribution >= 0.6 is 24.0 Å². The van der Waals surface area contributed by atoms with Gasteiger partial charge in [-0.25, -0.2) is 0 Å². The SMILES string of the molecule is CCNC(=NCC1(NC(C)c2ccccc2)CCOCC1)N1CCC2(CCC2)C1.I. The van der Waals surface area contributed by atoms with Crippen molar-refractivity contribution in [3.05, 3.63) is 35.9 Å². The fraction of sp³-hybridized carbons (Fsp3) is 0.708. The van der Waals surface area contributed by atoms with E-state index in [-0.39, 0.29) is 29.5 Å². The Morgan fingerprint density at radius 1 is 1.13 bits per heavy atom. The van der Waals surface area contributed by atoms with E-state index in [4.69, 9.17) is 9.73 Å². The van der Waals surface area contributed by atoms with Gasteiger partial charge >= 0.3 is 0 Å². The normalized spacial score (nSPS) is 23.5. The van der Waals surface area contributed by atoms with Crippen molar-refractivity contribution < 1.29 is 4.74 Å². The van der Waals surface area contributed by atoms with E-state index in [1.165, 1.54) is 37.8 Å². The molecule has 1 saturated carbocycles. The first kappa shape index (κ1) is 23.8. The van der Waals surface area contributed by atoms with E-state index in [9.17, 15) is 0 Å². The van der Waals surface area contributed by atoms with Gasteiger partial charge in [-0.05, 0) is 56.9 Å². The van der Waals surface area contributed by atoms with Crippen molar-refractivity contribution in [1.82, 2.24) is 15.5 Å². The van der Waals surface area contributed by atoms with Crippen LogP contribution in [0.5, 0.6) is 0 Å². The highest BCUT2D eigenvalue weighted by atomic mass is 127. The van der Waals surface area contributed by atoms with Crippen molar-refractivity contribution in [2.45, 2.75) is 64.0 Å². The lowest BCUT2D eigenvalue weighted by Gasteiger charge is -2.40. The van der Waals surface area contributed by atoms with Crippen LogP contribution in [-0.2, 0) is 4.74 Å². The van der Waals surface area contributed by atoms with Crippen LogP contribution in [0.1, 0.15) is 64.0 Å². The predicted molar refractivity (Wildman–Crippen MR) is 135 cm³/mol. The zero-order chi connectivity index (χ0) is 20.2. The van der Waals surface area contributed by atoms with E-state index in [1.54, 1.807) is 0 Å². The van der Waals surface area contributed by atoms with Gasteiger partial charge in [0.15, 0.2) is 5.96 Å². The van der Waals surface area contributed by atoms with Crippen LogP contribution in [-0.4, -0.2) is 55.8 Å². The average molecular weight is 527 g/mol. The molecule has 30 heavy (non-hydrogen) atoms. The van der Waals surface area contributed by atoms with Gasteiger partial charge in [0.25, 0.3) is 0 Å². The van der Waals surface area contributed by atoms with Gasteiger partial charge in [0.2, 0.25) is 0 Å². The number of nitrogens with one attached hydrogen (secondary N) is 2. The third-order valence-electron chi connectivity index (χ3n) is 7.29. The lowest BCUT2D eigenvalue weighted by molar-refractivity contribution is 0.0373. The van der Waals surface area contributed by atoms with Crippen LogP contribution < -0.4 is 10.6 Å². The summed E-state index contributed by atoms with van der Waals surface area (Å²) in [7, 11) is 0. The number of halogens is 1. The highest BCUT2D eigenvalue weighted by Crippen LogP contribution is 2.47. The molecule has 1 spiro atoms. The molecular weight excluding hydrogens is 487 g/mol. The standard InChI is InChI=1S/C24H38N4O.HI/c1-3-25-22(28-15-12-23(19-28)10-7-11-23)26-18-24(13-16-29-17-14-24)27-20(2)21-8-5-4-6-9-21;/h4-6,8-9,20,27H,3,7,10-19H2,1-2H3,(H,25,26);1H. The molecule has 1 aliphatic carbocycles. The molecule has 1 aromatic rings. The zero-order valence-electron chi connectivity index (χ0n) is 18.7. The molecule has 1 atom stereocenters. The summed E-state index contributed by atoms with van der Waals surface area (Å²) in [5.41, 5.74) is 1.93. The summed E-state index contributed by atoms with van der Waals surface area (Å²) in [5.74, 6) is 1.11. The number of likely N-dealkylation sites (tertiary alicyclic amines) is 1. The second-order valence-electron chi connectivity index (χ2n) is 9.36. The topological polar surface area (TPSA) is 48.9 Å². The molecule has 2 N–H and O–H groups in total. The van der Waals surface area contributed by atoms with Gasteiger partial charge in [-0.15, -0.1) is 24.0 Å². The van der Waals surface area contributed by atoms with Crippen LogP contribution in [0.4, 0.5) is 0 Å². The van der Waals surface area contributed by atoms with Crippen molar-refractivity contribution in [3.63, 3.8) is 0 Å². The molecule has 1 unspecified atom stereocenters. The van der Waals surface area contributed by atoms with Gasteiger partial charge in [-0.1, -0.05) is 36.8 Å². The van der Waals surface area contributed by atoms with Crippen molar-refractivity contribution >= 4 is 29.9 Å². The second-order valence-corrected chi connectivity index (χ2v) is 9.36. The van der Waals surface area contributed by atoms with E-state index in [1.807, 2.05) is 0 Å². The number of benzene rings is 1. The third kappa shape index (κ3) is 5.49. The number of ether oxygens (including phenoxy) is 1. The number of guanidine groups is 1. The van der Waals surface area contributed by atoms with Crippen molar-refractivity contribution in [2.75, 3.05) is 39.4 Å². The first-order chi connectivity index (χ1) is 14.1. The van der Waals surface area contributed by atoms with E-state index in [2.05, 4.69) is 59.7 Å². The Balaban J connectivity index is 0.00000256. The third-order valence-corrected chi connectivity index (χ3v) is 7.29. The largest absolute Gasteiger partial charge is 0.381 e. The highest BCUT2D eigenvalue weighted by Gasteiger charge is 2.43. The molecule has 4 rings (SSSR count). The number of rotatable bonds is 6. The summed E-state index contributed by atoms with van der Waals surface area (Å²) >= 11 is 0. The summed E-state index contributed by atoms with van der Waals surface area (Å²) in [6, 6.07) is 11.0. The number of aliphatic imine (C=N–C) groups is 1. The minimum absolute atomic E-state index is 0. The molecule has 2 saturated heterocycles. The van der Waals surface area contributed by atoms with Crippen molar-refractivity contribution in [1.29, 1.82) is 0 Å². The molecule has 0 amide bonds. The molecule has 168 valence electrons. The number of hydrogen-bond donors (Lipinski definition) is 2. The summed E-state index contributed by atoms with van der Waals surface area (Å²) in [6.45, 7) is 10.1. The fourth-order valence-corrected chi connectivity index (χ4v) is 5.25. The maximum Gasteiger partial charge on any atom is 0.193 e. The molecule has 0 aromatic heterocycles. The number of nitrogens with zero attached hydrogens (tertiary/aromatic N) is 2. The molecular formula is C24H39IN4O. The Morgan fingerprint density at radius 2 is 1.87 bits per heavy atom. The minimum Gasteiger partial charge on any atom is -0.381 e. The molecule has 1 aromatic carbocycles. The van der Waals surface area contributed by atoms with Crippen LogP contribution in [0.2, 0.25) is 0 Å². The quantitative estimate of drug-likeness (QED) is 0.329. The summed E-state index contributed by atoms with van der Waals surface area (Å²) in [4.78, 5) is 7.69. The molecule has 6 heteroatoms. The van der Waals surface area contributed by atoms with Gasteiger partial charge < -0.3 is 20.3 Å². The van der Waals surface area contributed by atoms with Gasteiger partial charge in [0.1, 0.15) is 0 Å². The number of hydrogen-bond acceptors (Lipinski definition) is 3. The van der Waals surface area contributed by atoms with Crippen LogP contribution in [0.3, 0.4) is 0 Å². The summed E-state index contributed by atoms with van der Waals surface area (Å²) in [6.07, 6.45) is 7.57. The molecule has 3 fully saturated rings. The van der Waals surface area contributed by atoms with Crippen molar-refractivity contribution in [3.8, 4) is 0 Å². The summed E-state index contributed by atoms with van der Waals surface area (Å²) in [5, 5.41) is 7.51. The van der Waals surface area contributed by atoms with Gasteiger partial charge in [0.05, 0.1) is 6.54 Å². The molecule has 5 nitrogen and oxygen atoms in total. The van der Waals surface area contributed by atoms with Gasteiger partial charge in [-0.3, -0.25) is 4.99 Å². The van der Waals surface area contributed by atoms with Gasteiger partial charge in [-0.2, -0.15) is 0 Å². The Kier molecular flexibility index (Phi) is 8.44. The van der Waals surface area contributed by atoms with Crippen LogP contribution in [0, 0.1) is 5.41 Å². The van der Waals surface area contributed by atoms with E-state index < -0.39 is 0 Å². The second kappa shape index (κ2) is 10.6. The Hall–Kier alpha value is -0.860. The Bertz CT molecular complexity index is 686. The fourth-order valence-electron chi connectivity index (χ4n) is 5.25. The van der Waals surface area contributed by atoms with E-state index >= 15 is 0 Å². The van der Waals surface area contributed by atoms with Crippen LogP contribution in [0.15, 0.2) is 35.3 Å². The smallest absolute Gasteiger partial charge is 0.193 e. The maximum absolute atomic E-state index is 5.70. The van der Waals surface area contributed by atoms with Gasteiger partial charge in [0, 0.05) is 44.4 Å². The molecule has 0 radical (unpaired) electrons. The zero-order valence-corrected chi connectivity index (χ0v) is 21.0. The monoisotopic (exact) mass is 526 g/mol. The first-order valence-electron chi connectivity index (χ1n) is 11.6. The molecule has 2 aliphatic heterocycles.